The molecule has 1 aromatic rings. The van der Waals surface area contributed by atoms with Crippen LogP contribution in [-0.4, -0.2) is 6.54 Å². The van der Waals surface area contributed by atoms with Gasteiger partial charge in [0.05, 0.1) is 12.0 Å². The summed E-state index contributed by atoms with van der Waals surface area (Å²) in [5.41, 5.74) is 1.07. The molecule has 0 aromatic carbocycles. The van der Waals surface area contributed by atoms with E-state index in [1.54, 1.807) is 12.5 Å². The minimum atomic E-state index is 1.01. The van der Waals surface area contributed by atoms with Crippen LogP contribution in [0.5, 0.6) is 0 Å². The molecule has 0 amide bonds. The lowest BCUT2D eigenvalue weighted by atomic mass is 10.4. The third kappa shape index (κ3) is 1.80. The lowest BCUT2D eigenvalue weighted by Crippen LogP contribution is -1.97. The Hall–Kier alpha value is -0.920. The van der Waals surface area contributed by atoms with Gasteiger partial charge in [0.1, 0.15) is 6.26 Å². The molecule has 0 fully saturated rings. The molecule has 9 heavy (non-hydrogen) atoms. The summed E-state index contributed by atoms with van der Waals surface area (Å²) in [6.07, 6.45) is 4.51. The molecule has 0 bridgehead atoms. The van der Waals surface area contributed by atoms with Gasteiger partial charge in [0.25, 0.3) is 0 Å². The van der Waals surface area contributed by atoms with E-state index in [4.69, 9.17) is 4.42 Å². The van der Waals surface area contributed by atoms with Crippen LogP contribution in [0.4, 0.5) is 5.69 Å². The third-order valence-corrected chi connectivity index (χ3v) is 1.10. The van der Waals surface area contributed by atoms with E-state index in [-0.39, 0.29) is 0 Å². The van der Waals surface area contributed by atoms with Gasteiger partial charge in [-0.15, -0.1) is 0 Å². The van der Waals surface area contributed by atoms with Crippen molar-refractivity contribution in [3.8, 4) is 0 Å². The summed E-state index contributed by atoms with van der Waals surface area (Å²) in [6.45, 7) is 3.15. The van der Waals surface area contributed by atoms with Crippen LogP contribution >= 0.6 is 0 Å². The topological polar surface area (TPSA) is 25.2 Å². The summed E-state index contributed by atoms with van der Waals surface area (Å²) in [5.74, 6) is 0. The monoisotopic (exact) mass is 125 g/mol. The highest BCUT2D eigenvalue weighted by atomic mass is 16.3. The van der Waals surface area contributed by atoms with Crippen LogP contribution < -0.4 is 5.32 Å². The Labute approximate surface area is 54.9 Å². The van der Waals surface area contributed by atoms with Gasteiger partial charge < -0.3 is 9.73 Å². The maximum Gasteiger partial charge on any atom is 0.113 e. The molecule has 0 aliphatic carbocycles. The van der Waals surface area contributed by atoms with Crippen molar-refractivity contribution >= 4 is 5.69 Å². The number of hydrogen-bond acceptors (Lipinski definition) is 2. The minimum Gasteiger partial charge on any atom is -0.470 e. The molecule has 0 aliphatic heterocycles. The zero-order chi connectivity index (χ0) is 6.53. The molecule has 1 aromatic heterocycles. The average molecular weight is 125 g/mol. The van der Waals surface area contributed by atoms with Crippen molar-refractivity contribution in [2.45, 2.75) is 13.3 Å². The minimum absolute atomic E-state index is 1.01. The Morgan fingerprint density at radius 1 is 1.67 bits per heavy atom. The van der Waals surface area contributed by atoms with E-state index >= 15 is 0 Å². The zero-order valence-corrected chi connectivity index (χ0v) is 5.55. The molecule has 0 spiro atoms. The van der Waals surface area contributed by atoms with Crippen molar-refractivity contribution in [3.05, 3.63) is 18.6 Å². The molecular weight excluding hydrogens is 114 g/mol. The molecule has 1 rings (SSSR count). The predicted octanol–water partition coefficient (Wildman–Crippen LogP) is 2.10. The SMILES string of the molecule is CCCNc1ccoc1. The highest BCUT2D eigenvalue weighted by molar-refractivity contribution is 5.38. The first-order valence-electron chi connectivity index (χ1n) is 3.19. The molecule has 0 saturated carbocycles. The standard InChI is InChI=1S/C7H11NO/c1-2-4-8-7-3-5-9-6-7/h3,5-6,8H,2,4H2,1H3. The van der Waals surface area contributed by atoms with Gasteiger partial charge in [-0.05, 0) is 12.5 Å². The molecule has 0 unspecified atom stereocenters. The number of rotatable bonds is 3. The van der Waals surface area contributed by atoms with Crippen molar-refractivity contribution in [1.82, 2.24) is 0 Å². The Balaban J connectivity index is 2.30. The molecule has 0 atom stereocenters. The van der Waals surface area contributed by atoms with E-state index in [1.165, 1.54) is 0 Å². The van der Waals surface area contributed by atoms with Gasteiger partial charge in [0.2, 0.25) is 0 Å². The van der Waals surface area contributed by atoms with Crippen LogP contribution in [0.2, 0.25) is 0 Å². The number of hydrogen-bond donors (Lipinski definition) is 1. The molecule has 1 heterocycles. The lowest BCUT2D eigenvalue weighted by molar-refractivity contribution is 0.568. The third-order valence-electron chi connectivity index (χ3n) is 1.10. The molecule has 1 N–H and O–H groups in total. The fourth-order valence-corrected chi connectivity index (χ4v) is 0.634. The number of nitrogens with one attached hydrogen (secondary N) is 1. The van der Waals surface area contributed by atoms with Gasteiger partial charge in [-0.1, -0.05) is 6.92 Å². The summed E-state index contributed by atoms with van der Waals surface area (Å²) in [5, 5.41) is 3.18. The van der Waals surface area contributed by atoms with Crippen LogP contribution in [0.1, 0.15) is 13.3 Å². The first-order chi connectivity index (χ1) is 4.43. The smallest absolute Gasteiger partial charge is 0.113 e. The van der Waals surface area contributed by atoms with Crippen molar-refractivity contribution < 1.29 is 4.42 Å². The van der Waals surface area contributed by atoms with Crippen LogP contribution in [-0.2, 0) is 0 Å². The van der Waals surface area contributed by atoms with Crippen molar-refractivity contribution in [2.75, 3.05) is 11.9 Å². The van der Waals surface area contributed by atoms with E-state index < -0.39 is 0 Å². The fourth-order valence-electron chi connectivity index (χ4n) is 0.634. The van der Waals surface area contributed by atoms with Gasteiger partial charge in [0, 0.05) is 6.54 Å². The summed E-state index contributed by atoms with van der Waals surface area (Å²) in [7, 11) is 0. The molecule has 0 aliphatic rings. The second kappa shape index (κ2) is 3.17. The van der Waals surface area contributed by atoms with Gasteiger partial charge in [-0.2, -0.15) is 0 Å². The van der Waals surface area contributed by atoms with Crippen LogP contribution in [0.25, 0.3) is 0 Å². The van der Waals surface area contributed by atoms with E-state index in [0.717, 1.165) is 18.7 Å². The predicted molar refractivity (Wildman–Crippen MR) is 37.5 cm³/mol. The summed E-state index contributed by atoms with van der Waals surface area (Å²) in [4.78, 5) is 0. The second-order valence-corrected chi connectivity index (χ2v) is 1.94. The number of furan rings is 1. The first kappa shape index (κ1) is 6.20. The summed E-state index contributed by atoms with van der Waals surface area (Å²) >= 11 is 0. The van der Waals surface area contributed by atoms with Gasteiger partial charge in [-0.3, -0.25) is 0 Å². The van der Waals surface area contributed by atoms with Gasteiger partial charge in [-0.25, -0.2) is 0 Å². The fraction of sp³-hybridized carbons (Fsp3) is 0.429. The largest absolute Gasteiger partial charge is 0.470 e. The highest BCUT2D eigenvalue weighted by Gasteiger charge is 1.87. The molecule has 50 valence electrons. The quantitative estimate of drug-likeness (QED) is 0.669. The van der Waals surface area contributed by atoms with Crippen LogP contribution in [0.3, 0.4) is 0 Å². The molecule has 0 saturated heterocycles. The van der Waals surface area contributed by atoms with E-state index in [9.17, 15) is 0 Å². The Kier molecular flexibility index (Phi) is 2.19. The zero-order valence-electron chi connectivity index (χ0n) is 5.55. The Morgan fingerprint density at radius 3 is 3.11 bits per heavy atom. The Bertz CT molecular complexity index is 146. The number of anilines is 1. The molecule has 2 nitrogen and oxygen atoms in total. The van der Waals surface area contributed by atoms with E-state index in [1.807, 2.05) is 6.07 Å². The summed E-state index contributed by atoms with van der Waals surface area (Å²) < 4.78 is 4.85. The summed E-state index contributed by atoms with van der Waals surface area (Å²) in [6, 6.07) is 1.91. The highest BCUT2D eigenvalue weighted by Crippen LogP contribution is 2.05. The molecular formula is C7H11NO. The maximum absolute atomic E-state index is 4.85. The lowest BCUT2D eigenvalue weighted by Gasteiger charge is -1.96. The van der Waals surface area contributed by atoms with Crippen LogP contribution in [0, 0.1) is 0 Å². The first-order valence-corrected chi connectivity index (χ1v) is 3.19. The second-order valence-electron chi connectivity index (χ2n) is 1.94. The van der Waals surface area contributed by atoms with Crippen molar-refractivity contribution in [1.29, 1.82) is 0 Å². The van der Waals surface area contributed by atoms with E-state index in [0.29, 0.717) is 0 Å². The molecule has 2 heteroatoms. The maximum atomic E-state index is 4.85. The van der Waals surface area contributed by atoms with Crippen molar-refractivity contribution in [3.63, 3.8) is 0 Å². The van der Waals surface area contributed by atoms with Crippen molar-refractivity contribution in [2.24, 2.45) is 0 Å². The average Bonchev–Trinajstić information content (AvgIpc) is 2.34. The van der Waals surface area contributed by atoms with Crippen LogP contribution in [0.15, 0.2) is 23.0 Å². The van der Waals surface area contributed by atoms with Gasteiger partial charge in [0.15, 0.2) is 0 Å². The van der Waals surface area contributed by atoms with E-state index in [2.05, 4.69) is 12.2 Å². The Morgan fingerprint density at radius 2 is 2.56 bits per heavy atom. The molecule has 0 radical (unpaired) electrons. The normalized spacial score (nSPS) is 9.44. The van der Waals surface area contributed by atoms with Gasteiger partial charge >= 0.3 is 0 Å².